The fourth-order valence-electron chi connectivity index (χ4n) is 3.34. The summed E-state index contributed by atoms with van der Waals surface area (Å²) in [5.41, 5.74) is 2.57. The largest absolute Gasteiger partial charge is 0.495 e. The van der Waals surface area contributed by atoms with Gasteiger partial charge in [-0.3, -0.25) is 9.78 Å². The zero-order valence-corrected chi connectivity index (χ0v) is 20.0. The minimum absolute atomic E-state index is 0.201. The molecule has 2 aromatic carbocycles. The Labute approximate surface area is 208 Å². The molecule has 0 aliphatic heterocycles. The molecule has 0 aliphatic rings. The first-order valence-electron chi connectivity index (χ1n) is 11.3. The number of methoxy groups -OCH3 is 1. The van der Waals surface area contributed by atoms with E-state index in [4.69, 9.17) is 9.26 Å². The first kappa shape index (κ1) is 24.4. The lowest BCUT2D eigenvalue weighted by Gasteiger charge is -2.18. The molecule has 10 heteroatoms. The van der Waals surface area contributed by atoms with Crippen LogP contribution in [0.15, 0.2) is 77.4 Å². The number of anilines is 1. The molecule has 10 nitrogen and oxygen atoms in total. The summed E-state index contributed by atoms with van der Waals surface area (Å²) < 4.78 is 10.6. The van der Waals surface area contributed by atoms with Crippen molar-refractivity contribution in [1.29, 1.82) is 0 Å². The zero-order valence-electron chi connectivity index (χ0n) is 20.0. The van der Waals surface area contributed by atoms with E-state index in [-0.39, 0.29) is 11.9 Å². The van der Waals surface area contributed by atoms with Crippen LogP contribution >= 0.6 is 0 Å². The van der Waals surface area contributed by atoms with E-state index in [1.54, 1.807) is 56.8 Å². The molecule has 4 rings (SSSR count). The van der Waals surface area contributed by atoms with E-state index in [1.807, 2.05) is 30.3 Å². The van der Waals surface area contributed by atoms with Crippen LogP contribution in [-0.4, -0.2) is 52.7 Å². The van der Waals surface area contributed by atoms with Crippen LogP contribution in [0.1, 0.15) is 21.9 Å². The number of hydrogen-bond donors (Lipinski definition) is 2. The summed E-state index contributed by atoms with van der Waals surface area (Å²) in [6, 6.07) is 19.4. The number of pyridine rings is 1. The standard InChI is InChI=1S/C26H26N6O4/c1-32(26(34)29-21-8-3-4-9-22(21)35-2)16-14-23-30-25(36-31-23)19-12-10-18(11-13-19)24(33)28-17-20-7-5-6-15-27-20/h3-13,15H,14,16-17H2,1-2H3,(H,28,33)(H,29,34). The maximum Gasteiger partial charge on any atom is 0.321 e. The second-order valence-electron chi connectivity index (χ2n) is 7.90. The van der Waals surface area contributed by atoms with Gasteiger partial charge in [0.2, 0.25) is 0 Å². The minimum atomic E-state index is -0.278. The van der Waals surface area contributed by atoms with Crippen LogP contribution in [-0.2, 0) is 13.0 Å². The van der Waals surface area contributed by atoms with Crippen molar-refractivity contribution < 1.29 is 18.8 Å². The molecule has 0 spiro atoms. The predicted octanol–water partition coefficient (Wildman–Crippen LogP) is 3.78. The fraction of sp³-hybridized carbons (Fsp3) is 0.192. The van der Waals surface area contributed by atoms with Crippen LogP contribution in [0.5, 0.6) is 5.75 Å². The third-order valence-electron chi connectivity index (χ3n) is 5.38. The number of rotatable bonds is 9. The highest BCUT2D eigenvalue weighted by atomic mass is 16.5. The Kier molecular flexibility index (Phi) is 7.87. The molecule has 2 heterocycles. The molecule has 3 amide bonds. The number of aromatic nitrogens is 3. The van der Waals surface area contributed by atoms with Gasteiger partial charge in [-0.2, -0.15) is 4.98 Å². The number of ether oxygens (including phenoxy) is 1. The molecule has 0 saturated carbocycles. The zero-order chi connectivity index (χ0) is 25.3. The van der Waals surface area contributed by atoms with Crippen molar-refractivity contribution >= 4 is 17.6 Å². The SMILES string of the molecule is COc1ccccc1NC(=O)N(C)CCc1noc(-c2ccc(C(=O)NCc3ccccn3)cc2)n1. The molecule has 0 fully saturated rings. The van der Waals surface area contributed by atoms with Gasteiger partial charge in [-0.25, -0.2) is 4.79 Å². The summed E-state index contributed by atoms with van der Waals surface area (Å²) in [6.45, 7) is 0.731. The lowest BCUT2D eigenvalue weighted by Crippen LogP contribution is -2.33. The van der Waals surface area contributed by atoms with Gasteiger partial charge in [-0.15, -0.1) is 0 Å². The number of urea groups is 1. The number of benzene rings is 2. The lowest BCUT2D eigenvalue weighted by atomic mass is 10.1. The number of likely N-dealkylation sites (N-methyl/N-ethyl adjacent to an activating group) is 1. The average Bonchev–Trinajstić information content (AvgIpc) is 3.40. The predicted molar refractivity (Wildman–Crippen MR) is 133 cm³/mol. The quantitative estimate of drug-likeness (QED) is 0.369. The monoisotopic (exact) mass is 486 g/mol. The Balaban J connectivity index is 1.29. The third-order valence-corrected chi connectivity index (χ3v) is 5.38. The Morgan fingerprint density at radius 1 is 1.03 bits per heavy atom. The number of nitrogens with one attached hydrogen (secondary N) is 2. The molecular formula is C26H26N6O4. The molecule has 0 saturated heterocycles. The second kappa shape index (κ2) is 11.6. The molecule has 0 bridgehead atoms. The summed E-state index contributed by atoms with van der Waals surface area (Å²) in [4.78, 5) is 35.0. The van der Waals surface area contributed by atoms with Crippen LogP contribution in [0, 0.1) is 0 Å². The maximum atomic E-state index is 12.5. The van der Waals surface area contributed by atoms with E-state index in [9.17, 15) is 9.59 Å². The molecule has 0 aliphatic carbocycles. The second-order valence-corrected chi connectivity index (χ2v) is 7.90. The van der Waals surface area contributed by atoms with Crippen molar-refractivity contribution in [2.45, 2.75) is 13.0 Å². The first-order chi connectivity index (χ1) is 17.5. The molecule has 0 atom stereocenters. The highest BCUT2D eigenvalue weighted by molar-refractivity contribution is 5.94. The van der Waals surface area contributed by atoms with Gasteiger partial charge < -0.3 is 24.8 Å². The van der Waals surface area contributed by atoms with Crippen LogP contribution in [0.4, 0.5) is 10.5 Å². The van der Waals surface area contributed by atoms with Crippen molar-refractivity contribution in [3.8, 4) is 17.2 Å². The van der Waals surface area contributed by atoms with Gasteiger partial charge >= 0.3 is 6.03 Å². The van der Waals surface area contributed by atoms with Crippen LogP contribution in [0.3, 0.4) is 0 Å². The van der Waals surface area contributed by atoms with E-state index in [1.165, 1.54) is 4.90 Å². The highest BCUT2D eigenvalue weighted by Gasteiger charge is 2.15. The van der Waals surface area contributed by atoms with Crippen molar-refractivity contribution in [2.75, 3.05) is 26.0 Å². The maximum absolute atomic E-state index is 12.5. The molecule has 0 radical (unpaired) electrons. The fourth-order valence-corrected chi connectivity index (χ4v) is 3.34. The van der Waals surface area contributed by atoms with Gasteiger partial charge in [0, 0.05) is 37.3 Å². The van der Waals surface area contributed by atoms with E-state index in [0.29, 0.717) is 53.8 Å². The van der Waals surface area contributed by atoms with Crippen LogP contribution < -0.4 is 15.4 Å². The van der Waals surface area contributed by atoms with Crippen molar-refractivity contribution in [3.63, 3.8) is 0 Å². The molecule has 36 heavy (non-hydrogen) atoms. The van der Waals surface area contributed by atoms with Gasteiger partial charge in [0.15, 0.2) is 5.82 Å². The number of para-hydroxylation sites is 2. The number of carbonyl (C=O) groups excluding carboxylic acids is 2. The smallest absolute Gasteiger partial charge is 0.321 e. The first-order valence-corrected chi connectivity index (χ1v) is 11.3. The van der Waals surface area contributed by atoms with Crippen molar-refractivity contribution in [1.82, 2.24) is 25.3 Å². The highest BCUT2D eigenvalue weighted by Crippen LogP contribution is 2.23. The van der Waals surface area contributed by atoms with Gasteiger partial charge in [0.05, 0.1) is 25.0 Å². The number of nitrogens with zero attached hydrogens (tertiary/aromatic N) is 4. The normalized spacial score (nSPS) is 10.5. The summed E-state index contributed by atoms with van der Waals surface area (Å²) in [6.07, 6.45) is 2.09. The van der Waals surface area contributed by atoms with Gasteiger partial charge in [-0.1, -0.05) is 23.4 Å². The van der Waals surface area contributed by atoms with E-state index < -0.39 is 0 Å². The Morgan fingerprint density at radius 3 is 2.56 bits per heavy atom. The van der Waals surface area contributed by atoms with E-state index in [2.05, 4.69) is 25.8 Å². The van der Waals surface area contributed by atoms with Crippen molar-refractivity contribution in [3.05, 3.63) is 90.0 Å². The van der Waals surface area contributed by atoms with Crippen molar-refractivity contribution in [2.24, 2.45) is 0 Å². The number of carbonyl (C=O) groups is 2. The van der Waals surface area contributed by atoms with Gasteiger partial charge in [-0.05, 0) is 48.5 Å². The summed E-state index contributed by atoms with van der Waals surface area (Å²) in [5.74, 6) is 1.19. The third kappa shape index (κ3) is 6.23. The number of amides is 3. The molecular weight excluding hydrogens is 460 g/mol. The Hall–Kier alpha value is -4.73. The molecule has 2 aromatic heterocycles. The molecule has 0 unspecified atom stereocenters. The topological polar surface area (TPSA) is 122 Å². The van der Waals surface area contributed by atoms with Crippen LogP contribution in [0.25, 0.3) is 11.5 Å². The minimum Gasteiger partial charge on any atom is -0.495 e. The molecule has 4 aromatic rings. The summed E-state index contributed by atoms with van der Waals surface area (Å²) in [5, 5.41) is 9.67. The van der Waals surface area contributed by atoms with Crippen LogP contribution in [0.2, 0.25) is 0 Å². The summed E-state index contributed by atoms with van der Waals surface area (Å²) >= 11 is 0. The lowest BCUT2D eigenvalue weighted by molar-refractivity contribution is 0.0950. The van der Waals surface area contributed by atoms with Gasteiger partial charge in [0.25, 0.3) is 11.8 Å². The average molecular weight is 487 g/mol. The Morgan fingerprint density at radius 2 is 1.81 bits per heavy atom. The Bertz CT molecular complexity index is 1310. The molecule has 184 valence electrons. The molecule has 2 N–H and O–H groups in total. The summed E-state index contributed by atoms with van der Waals surface area (Å²) in [7, 11) is 3.23. The van der Waals surface area contributed by atoms with E-state index in [0.717, 1.165) is 5.69 Å². The number of hydrogen-bond acceptors (Lipinski definition) is 7. The van der Waals surface area contributed by atoms with Gasteiger partial charge in [0.1, 0.15) is 5.75 Å². The van der Waals surface area contributed by atoms with E-state index >= 15 is 0 Å².